The van der Waals surface area contributed by atoms with Crippen LogP contribution in [-0.4, -0.2) is 47.5 Å². The van der Waals surface area contributed by atoms with Crippen molar-refractivity contribution in [3.63, 3.8) is 0 Å². The van der Waals surface area contributed by atoms with E-state index < -0.39 is 17.5 Å². The number of ether oxygens (including phenoxy) is 3. The zero-order valence-electron chi connectivity index (χ0n) is 26.4. The van der Waals surface area contributed by atoms with Gasteiger partial charge in [0, 0.05) is 11.8 Å². The number of carbonyl (C=O) groups excluding carboxylic acids is 1. The fraction of sp³-hybridized carbons (Fsp3) is 0.265. The lowest BCUT2D eigenvalue weighted by molar-refractivity contribution is -0.114. The molecule has 2 N–H and O–H groups in total. The molecule has 0 aliphatic carbocycles. The number of pyridine rings is 1. The lowest BCUT2D eigenvalue weighted by Gasteiger charge is -2.29. The maximum Gasteiger partial charge on any atom is 0.319 e. The number of rotatable bonds is 10. The minimum Gasteiger partial charge on any atom is -0.497 e. The third kappa shape index (κ3) is 6.32. The van der Waals surface area contributed by atoms with Gasteiger partial charge in [-0.2, -0.15) is 4.98 Å². The Morgan fingerprint density at radius 3 is 2.33 bits per heavy atom. The van der Waals surface area contributed by atoms with Gasteiger partial charge in [-0.05, 0) is 42.2 Å². The van der Waals surface area contributed by atoms with Gasteiger partial charge < -0.3 is 24.5 Å². The van der Waals surface area contributed by atoms with Crippen molar-refractivity contribution in [3.05, 3.63) is 110 Å². The van der Waals surface area contributed by atoms with Crippen molar-refractivity contribution in [2.45, 2.75) is 33.4 Å². The van der Waals surface area contributed by atoms with Gasteiger partial charge in [0.1, 0.15) is 22.8 Å². The van der Waals surface area contributed by atoms with Crippen molar-refractivity contribution in [1.29, 1.82) is 0 Å². The van der Waals surface area contributed by atoms with Crippen LogP contribution in [-0.2, 0) is 11.3 Å². The Bertz CT molecular complexity index is 1880. The molecule has 1 aliphatic heterocycles. The average Bonchev–Trinajstić information content (AvgIpc) is 3.31. The quantitative estimate of drug-likeness (QED) is 0.227. The van der Waals surface area contributed by atoms with Crippen LogP contribution in [0.15, 0.2) is 88.0 Å². The maximum absolute atomic E-state index is 14.2. The van der Waals surface area contributed by atoms with E-state index in [2.05, 4.69) is 9.97 Å². The van der Waals surface area contributed by atoms with Crippen LogP contribution in [0.3, 0.4) is 0 Å². The number of anilines is 1. The first-order valence-corrected chi connectivity index (χ1v) is 14.9. The topological polar surface area (TPSA) is 134 Å². The number of nitrogens with zero attached hydrogens (tertiary/aromatic N) is 5. The van der Waals surface area contributed by atoms with E-state index in [1.165, 1.54) is 35.9 Å². The summed E-state index contributed by atoms with van der Waals surface area (Å²) in [6, 6.07) is 15.9. The highest BCUT2D eigenvalue weighted by atomic mass is 35.5. The van der Waals surface area contributed by atoms with Gasteiger partial charge >= 0.3 is 6.01 Å². The number of aromatic nitrogens is 3. The van der Waals surface area contributed by atoms with E-state index in [-0.39, 0.29) is 40.8 Å². The first-order valence-electron chi connectivity index (χ1n) is 14.5. The molecule has 0 saturated heterocycles. The number of hydrogen-bond acceptors (Lipinski definition) is 9. The molecule has 1 aliphatic rings. The van der Waals surface area contributed by atoms with Crippen molar-refractivity contribution < 1.29 is 19.0 Å². The molecule has 5 rings (SSSR count). The van der Waals surface area contributed by atoms with Gasteiger partial charge in [0.25, 0.3) is 11.5 Å². The standard InChI is InChI=1S/C34H35ClN6O5/c1-19(2)29(38-25-16-37-34(46-6)39-31(25)45-5)27-28(36)33(43)41(30(27)22-11-7-20(3)8-12-22)26-15-23(35)18-40(32(26)42)17-21-9-13-24(44-4)14-10-21/h7-16,18-19,30H,17,36H2,1-6H3. The Hall–Kier alpha value is -5.16. The fourth-order valence-corrected chi connectivity index (χ4v) is 5.55. The van der Waals surface area contributed by atoms with Crippen molar-refractivity contribution in [1.82, 2.24) is 14.5 Å². The molecule has 12 heteroatoms. The number of nitrogens with two attached hydrogens (primary N) is 1. The third-order valence-corrected chi connectivity index (χ3v) is 7.83. The van der Waals surface area contributed by atoms with Gasteiger partial charge in [-0.15, -0.1) is 0 Å². The monoisotopic (exact) mass is 642 g/mol. The second kappa shape index (κ2) is 13.5. The molecular formula is C34H35ClN6O5. The smallest absolute Gasteiger partial charge is 0.319 e. The molecular weight excluding hydrogens is 608 g/mol. The number of carbonyl (C=O) groups is 1. The molecule has 1 unspecified atom stereocenters. The summed E-state index contributed by atoms with van der Waals surface area (Å²) in [5, 5.41) is 0.281. The summed E-state index contributed by atoms with van der Waals surface area (Å²) in [7, 11) is 4.51. The maximum atomic E-state index is 14.2. The van der Waals surface area contributed by atoms with Gasteiger partial charge in [0.05, 0.1) is 50.8 Å². The predicted molar refractivity (Wildman–Crippen MR) is 177 cm³/mol. The first-order chi connectivity index (χ1) is 22.1. The van der Waals surface area contributed by atoms with Crippen molar-refractivity contribution >= 4 is 34.6 Å². The molecule has 1 amide bonds. The predicted octanol–water partition coefficient (Wildman–Crippen LogP) is 5.40. The zero-order valence-corrected chi connectivity index (χ0v) is 27.2. The molecule has 1 atom stereocenters. The van der Waals surface area contributed by atoms with E-state index in [4.69, 9.17) is 36.5 Å². The van der Waals surface area contributed by atoms with E-state index in [1.54, 1.807) is 13.3 Å². The lowest BCUT2D eigenvalue weighted by Crippen LogP contribution is -2.37. The largest absolute Gasteiger partial charge is 0.497 e. The van der Waals surface area contributed by atoms with Crippen LogP contribution in [0.4, 0.5) is 11.4 Å². The summed E-state index contributed by atoms with van der Waals surface area (Å²) in [6.07, 6.45) is 3.03. The molecule has 0 radical (unpaired) electrons. The Labute approximate surface area is 271 Å². The van der Waals surface area contributed by atoms with E-state index in [0.717, 1.165) is 16.7 Å². The molecule has 2 aromatic carbocycles. The van der Waals surface area contributed by atoms with E-state index in [9.17, 15) is 9.59 Å². The highest BCUT2D eigenvalue weighted by Crippen LogP contribution is 2.42. The summed E-state index contributed by atoms with van der Waals surface area (Å²) < 4.78 is 17.3. The number of aryl methyl sites for hydroxylation is 1. The van der Waals surface area contributed by atoms with E-state index in [0.29, 0.717) is 22.7 Å². The van der Waals surface area contributed by atoms with Crippen LogP contribution in [0, 0.1) is 12.8 Å². The zero-order chi connectivity index (χ0) is 33.1. The molecule has 4 aromatic rings. The van der Waals surface area contributed by atoms with Gasteiger partial charge in [-0.1, -0.05) is 67.4 Å². The van der Waals surface area contributed by atoms with Crippen molar-refractivity contribution in [2.75, 3.05) is 26.2 Å². The molecule has 3 heterocycles. The molecule has 0 saturated carbocycles. The van der Waals surface area contributed by atoms with Crippen LogP contribution in [0.5, 0.6) is 17.6 Å². The first kappa shape index (κ1) is 32.2. The fourth-order valence-electron chi connectivity index (χ4n) is 5.33. The molecule has 2 aromatic heterocycles. The van der Waals surface area contributed by atoms with Crippen LogP contribution >= 0.6 is 11.6 Å². The van der Waals surface area contributed by atoms with E-state index >= 15 is 0 Å². The van der Waals surface area contributed by atoms with Gasteiger partial charge in [0.15, 0.2) is 0 Å². The van der Waals surface area contributed by atoms with Crippen LogP contribution < -0.4 is 30.4 Å². The summed E-state index contributed by atoms with van der Waals surface area (Å²) >= 11 is 6.60. The Morgan fingerprint density at radius 1 is 1.02 bits per heavy atom. The molecule has 238 valence electrons. The minimum atomic E-state index is -0.792. The molecule has 0 spiro atoms. The number of hydrogen-bond donors (Lipinski definition) is 1. The van der Waals surface area contributed by atoms with Crippen LogP contribution in [0.2, 0.25) is 5.02 Å². The summed E-state index contributed by atoms with van der Waals surface area (Å²) in [4.78, 5) is 43.0. The van der Waals surface area contributed by atoms with Gasteiger partial charge in [-0.3, -0.25) is 14.5 Å². The SMILES string of the molecule is COc1ccc(Cn2cc(Cl)cc(N3C(=O)C(N)=C(C(=Nc4cnc(OC)nc4OC)C(C)C)C3c3ccc(C)cc3)c2=O)cc1. The second-order valence-electron chi connectivity index (χ2n) is 11.0. The third-order valence-electron chi connectivity index (χ3n) is 7.62. The Kier molecular flexibility index (Phi) is 9.43. The van der Waals surface area contributed by atoms with Crippen LogP contribution in [0.1, 0.15) is 36.6 Å². The van der Waals surface area contributed by atoms with E-state index in [1.807, 2.05) is 69.3 Å². The number of amides is 1. The van der Waals surface area contributed by atoms with Crippen molar-refractivity contribution in [3.8, 4) is 17.6 Å². The number of methoxy groups -OCH3 is 3. The summed E-state index contributed by atoms with van der Waals surface area (Å²) in [5.41, 5.74) is 10.2. The number of benzene rings is 2. The van der Waals surface area contributed by atoms with Gasteiger partial charge in [-0.25, -0.2) is 9.98 Å². The second-order valence-corrected chi connectivity index (χ2v) is 11.5. The molecule has 11 nitrogen and oxygen atoms in total. The lowest BCUT2D eigenvalue weighted by atomic mass is 9.89. The number of halogens is 1. The molecule has 0 fully saturated rings. The minimum absolute atomic E-state index is 0.0347. The molecule has 0 bridgehead atoms. The Morgan fingerprint density at radius 2 is 1.72 bits per heavy atom. The summed E-state index contributed by atoms with van der Waals surface area (Å²) in [6.45, 7) is 6.07. The molecule has 46 heavy (non-hydrogen) atoms. The summed E-state index contributed by atoms with van der Waals surface area (Å²) in [5.74, 6) is 0.130. The normalized spacial score (nSPS) is 15.1. The number of aliphatic imine (C=N–C) groups is 1. The Balaban J connectivity index is 1.68. The van der Waals surface area contributed by atoms with Crippen LogP contribution in [0.25, 0.3) is 0 Å². The highest BCUT2D eigenvalue weighted by molar-refractivity contribution is 6.31. The van der Waals surface area contributed by atoms with Crippen molar-refractivity contribution in [2.24, 2.45) is 16.6 Å². The average molecular weight is 643 g/mol. The highest BCUT2D eigenvalue weighted by Gasteiger charge is 2.44. The van der Waals surface area contributed by atoms with Gasteiger partial charge in [0.2, 0.25) is 5.88 Å².